The molecule has 0 aliphatic carbocycles. The van der Waals surface area contributed by atoms with Crippen molar-refractivity contribution in [3.63, 3.8) is 0 Å². The third kappa shape index (κ3) is 3.93. The minimum atomic E-state index is -0.299. The van der Waals surface area contributed by atoms with E-state index in [-0.39, 0.29) is 17.8 Å². The van der Waals surface area contributed by atoms with Gasteiger partial charge < -0.3 is 14.6 Å². The maximum atomic E-state index is 9.41. The molecule has 2 saturated heterocycles. The molecule has 21 heavy (non-hydrogen) atoms. The normalized spacial score (nSPS) is 30.5. The minimum absolute atomic E-state index is 0.0693. The summed E-state index contributed by atoms with van der Waals surface area (Å²) in [5.41, 5.74) is 1.22. The molecule has 3 atom stereocenters. The van der Waals surface area contributed by atoms with Gasteiger partial charge in [-0.25, -0.2) is 0 Å². The lowest BCUT2D eigenvalue weighted by Crippen LogP contribution is -2.43. The standard InChI is InChI=1S/C17H24O3S/c1-13(18)10-14-2-4-15(5-3-14)20-16-6-8-19-17(11-16)7-9-21-12-17/h2-5,13,16,18H,6-12H2,1H3. The van der Waals surface area contributed by atoms with Crippen molar-refractivity contribution in [3.8, 4) is 5.75 Å². The molecule has 0 saturated carbocycles. The second kappa shape index (κ2) is 6.59. The minimum Gasteiger partial charge on any atom is -0.490 e. The summed E-state index contributed by atoms with van der Waals surface area (Å²) in [6.45, 7) is 2.62. The summed E-state index contributed by atoms with van der Waals surface area (Å²) in [6, 6.07) is 8.12. The van der Waals surface area contributed by atoms with Gasteiger partial charge in [0.05, 0.1) is 18.3 Å². The number of aliphatic hydroxyl groups excluding tert-OH is 1. The molecule has 2 fully saturated rings. The summed E-state index contributed by atoms with van der Waals surface area (Å²) >= 11 is 1.99. The lowest BCUT2D eigenvalue weighted by atomic mass is 9.91. The zero-order valence-corrected chi connectivity index (χ0v) is 13.4. The van der Waals surface area contributed by atoms with Gasteiger partial charge in [0.15, 0.2) is 0 Å². The molecule has 3 nitrogen and oxygen atoms in total. The molecule has 0 radical (unpaired) electrons. The number of hydrogen-bond donors (Lipinski definition) is 1. The maximum Gasteiger partial charge on any atom is 0.119 e. The molecule has 0 amide bonds. The highest BCUT2D eigenvalue weighted by atomic mass is 32.2. The Labute approximate surface area is 131 Å². The molecule has 1 aromatic carbocycles. The Bertz CT molecular complexity index is 452. The van der Waals surface area contributed by atoms with Gasteiger partial charge in [0.1, 0.15) is 11.9 Å². The third-order valence-corrected chi connectivity index (χ3v) is 5.50. The first kappa shape index (κ1) is 15.2. The van der Waals surface area contributed by atoms with Crippen LogP contribution in [-0.4, -0.2) is 41.0 Å². The van der Waals surface area contributed by atoms with Crippen LogP contribution < -0.4 is 4.74 Å². The van der Waals surface area contributed by atoms with Gasteiger partial charge in [-0.1, -0.05) is 12.1 Å². The topological polar surface area (TPSA) is 38.7 Å². The number of rotatable bonds is 4. The second-order valence-electron chi connectivity index (χ2n) is 6.26. The molecule has 2 aliphatic rings. The molecule has 4 heteroatoms. The zero-order valence-electron chi connectivity index (χ0n) is 12.6. The van der Waals surface area contributed by atoms with Crippen molar-refractivity contribution in [2.24, 2.45) is 0 Å². The van der Waals surface area contributed by atoms with Crippen molar-refractivity contribution in [2.45, 2.75) is 50.4 Å². The van der Waals surface area contributed by atoms with Crippen molar-refractivity contribution < 1.29 is 14.6 Å². The Kier molecular flexibility index (Phi) is 4.77. The number of aliphatic hydroxyl groups is 1. The Hall–Kier alpha value is -0.710. The predicted molar refractivity (Wildman–Crippen MR) is 86.1 cm³/mol. The Balaban J connectivity index is 1.58. The predicted octanol–water partition coefficient (Wildman–Crippen LogP) is 3.04. The van der Waals surface area contributed by atoms with Crippen molar-refractivity contribution in [1.82, 2.24) is 0 Å². The Morgan fingerprint density at radius 1 is 1.43 bits per heavy atom. The Morgan fingerprint density at radius 2 is 2.24 bits per heavy atom. The van der Waals surface area contributed by atoms with E-state index < -0.39 is 0 Å². The van der Waals surface area contributed by atoms with Gasteiger partial charge in [0.2, 0.25) is 0 Å². The molecule has 3 rings (SSSR count). The van der Waals surface area contributed by atoms with Crippen LogP contribution in [0.4, 0.5) is 0 Å². The smallest absolute Gasteiger partial charge is 0.119 e. The van der Waals surface area contributed by atoms with Crippen LogP contribution in [0.15, 0.2) is 24.3 Å². The highest BCUT2D eigenvalue weighted by molar-refractivity contribution is 7.99. The van der Waals surface area contributed by atoms with E-state index in [0.29, 0.717) is 6.42 Å². The first-order chi connectivity index (χ1) is 10.2. The SMILES string of the molecule is CC(O)Cc1ccc(OC2CCOC3(CCSC3)C2)cc1. The molecule has 3 unspecified atom stereocenters. The van der Waals surface area contributed by atoms with E-state index in [4.69, 9.17) is 9.47 Å². The average molecular weight is 308 g/mol. The van der Waals surface area contributed by atoms with E-state index in [1.54, 1.807) is 0 Å². The first-order valence-electron chi connectivity index (χ1n) is 7.81. The van der Waals surface area contributed by atoms with E-state index in [1.165, 1.54) is 5.75 Å². The first-order valence-corrected chi connectivity index (χ1v) is 8.96. The van der Waals surface area contributed by atoms with Gasteiger partial charge in [0.25, 0.3) is 0 Å². The lowest BCUT2D eigenvalue weighted by molar-refractivity contribution is -0.0959. The fourth-order valence-corrected chi connectivity index (χ4v) is 4.56. The number of benzene rings is 1. The van der Waals surface area contributed by atoms with Crippen LogP contribution >= 0.6 is 11.8 Å². The lowest BCUT2D eigenvalue weighted by Gasteiger charge is -2.37. The van der Waals surface area contributed by atoms with E-state index >= 15 is 0 Å². The van der Waals surface area contributed by atoms with Gasteiger partial charge in [0, 0.05) is 18.6 Å². The van der Waals surface area contributed by atoms with Crippen molar-refractivity contribution >= 4 is 11.8 Å². The van der Waals surface area contributed by atoms with Crippen LogP contribution in [0.1, 0.15) is 31.7 Å². The van der Waals surface area contributed by atoms with Crippen LogP contribution in [0.25, 0.3) is 0 Å². The molecule has 1 spiro atoms. The third-order valence-electron chi connectivity index (χ3n) is 4.27. The number of ether oxygens (including phenoxy) is 2. The average Bonchev–Trinajstić information content (AvgIpc) is 2.88. The molecular weight excluding hydrogens is 284 g/mol. The van der Waals surface area contributed by atoms with Gasteiger partial charge >= 0.3 is 0 Å². The second-order valence-corrected chi connectivity index (χ2v) is 7.37. The molecule has 2 aliphatic heterocycles. The summed E-state index contributed by atoms with van der Waals surface area (Å²) in [5, 5.41) is 9.41. The van der Waals surface area contributed by atoms with E-state index in [2.05, 4.69) is 0 Å². The van der Waals surface area contributed by atoms with Gasteiger partial charge in [-0.05, 0) is 43.2 Å². The molecule has 116 valence electrons. The van der Waals surface area contributed by atoms with Crippen molar-refractivity contribution in [3.05, 3.63) is 29.8 Å². The van der Waals surface area contributed by atoms with Crippen LogP contribution in [-0.2, 0) is 11.2 Å². The fourth-order valence-electron chi connectivity index (χ4n) is 3.18. The largest absolute Gasteiger partial charge is 0.490 e. The number of hydrogen-bond acceptors (Lipinski definition) is 4. The zero-order chi connectivity index (χ0) is 14.7. The monoisotopic (exact) mass is 308 g/mol. The maximum absolute atomic E-state index is 9.41. The van der Waals surface area contributed by atoms with E-state index in [0.717, 1.165) is 42.9 Å². The van der Waals surface area contributed by atoms with E-state index in [9.17, 15) is 5.11 Å². The van der Waals surface area contributed by atoms with Gasteiger partial charge in [-0.15, -0.1) is 0 Å². The summed E-state index contributed by atoms with van der Waals surface area (Å²) in [5.74, 6) is 3.25. The molecule has 2 heterocycles. The van der Waals surface area contributed by atoms with E-state index in [1.807, 2.05) is 43.0 Å². The van der Waals surface area contributed by atoms with Gasteiger partial charge in [-0.3, -0.25) is 0 Å². The fraction of sp³-hybridized carbons (Fsp3) is 0.647. The molecule has 1 N–H and O–H groups in total. The van der Waals surface area contributed by atoms with Crippen molar-refractivity contribution in [1.29, 1.82) is 0 Å². The van der Waals surface area contributed by atoms with Crippen LogP contribution in [0.3, 0.4) is 0 Å². The summed E-state index contributed by atoms with van der Waals surface area (Å²) in [7, 11) is 0. The summed E-state index contributed by atoms with van der Waals surface area (Å²) < 4.78 is 12.2. The molecule has 1 aromatic rings. The highest BCUT2D eigenvalue weighted by Gasteiger charge is 2.41. The molecular formula is C17H24O3S. The van der Waals surface area contributed by atoms with Crippen LogP contribution in [0.5, 0.6) is 5.75 Å². The van der Waals surface area contributed by atoms with Gasteiger partial charge in [-0.2, -0.15) is 11.8 Å². The summed E-state index contributed by atoms with van der Waals surface area (Å²) in [4.78, 5) is 0. The Morgan fingerprint density at radius 3 is 2.90 bits per heavy atom. The summed E-state index contributed by atoms with van der Waals surface area (Å²) in [6.07, 6.45) is 3.80. The van der Waals surface area contributed by atoms with Crippen LogP contribution in [0, 0.1) is 0 Å². The number of thioether (sulfide) groups is 1. The van der Waals surface area contributed by atoms with Crippen LogP contribution in [0.2, 0.25) is 0 Å². The molecule has 0 bridgehead atoms. The quantitative estimate of drug-likeness (QED) is 0.928. The highest BCUT2D eigenvalue weighted by Crippen LogP contribution is 2.39. The molecule has 0 aromatic heterocycles. The van der Waals surface area contributed by atoms with Crippen molar-refractivity contribution in [2.75, 3.05) is 18.1 Å².